The molecule has 2 aromatic carbocycles. The van der Waals surface area contributed by atoms with Gasteiger partial charge in [0, 0.05) is 14.7 Å². The third-order valence-electron chi connectivity index (χ3n) is 4.47. The molecule has 0 saturated heterocycles. The number of hydrogen-bond acceptors (Lipinski definition) is 2. The Labute approximate surface area is 142 Å². The monoisotopic (exact) mass is 407 g/mol. The van der Waals surface area contributed by atoms with E-state index in [0.717, 1.165) is 21.1 Å². The lowest BCUT2D eigenvalue weighted by molar-refractivity contribution is -0.0133. The summed E-state index contributed by atoms with van der Waals surface area (Å²) in [6.45, 7) is 0.354. The summed E-state index contributed by atoms with van der Waals surface area (Å²) in [5.41, 5.74) is 2.11. The van der Waals surface area contributed by atoms with Crippen LogP contribution in [-0.4, -0.2) is 18.6 Å². The highest BCUT2D eigenvalue weighted by Crippen LogP contribution is 2.43. The van der Waals surface area contributed by atoms with E-state index in [1.165, 1.54) is 5.56 Å². The molecule has 0 bridgehead atoms. The van der Waals surface area contributed by atoms with E-state index < -0.39 is 11.8 Å². The van der Waals surface area contributed by atoms with Gasteiger partial charge < -0.3 is 4.74 Å². The zero-order valence-electron chi connectivity index (χ0n) is 11.9. The number of rotatable bonds is 1. The van der Waals surface area contributed by atoms with Crippen LogP contribution >= 0.6 is 22.6 Å². The van der Waals surface area contributed by atoms with Gasteiger partial charge in [0.05, 0.1) is 6.54 Å². The van der Waals surface area contributed by atoms with Gasteiger partial charge in [-0.3, -0.25) is 0 Å². The fourth-order valence-electron chi connectivity index (χ4n) is 3.31. The highest BCUT2D eigenvalue weighted by molar-refractivity contribution is 14.1. The lowest BCUT2D eigenvalue weighted by Gasteiger charge is -2.37. The lowest BCUT2D eigenvalue weighted by atomic mass is 9.78. The summed E-state index contributed by atoms with van der Waals surface area (Å²) < 4.78 is 22.1. The molecule has 1 aliphatic heterocycles. The van der Waals surface area contributed by atoms with E-state index in [2.05, 4.69) is 33.6 Å². The van der Waals surface area contributed by atoms with E-state index >= 15 is 0 Å². The Hall–Kier alpha value is -1.43. The maximum atomic E-state index is 14.8. The van der Waals surface area contributed by atoms with Crippen LogP contribution in [0.15, 0.2) is 53.5 Å². The minimum Gasteiger partial charge on any atom is -0.461 e. The van der Waals surface area contributed by atoms with Crippen LogP contribution < -0.4 is 0 Å². The molecule has 0 unspecified atom stereocenters. The van der Waals surface area contributed by atoms with Crippen molar-refractivity contribution >= 4 is 28.5 Å². The average molecular weight is 407 g/mol. The molecule has 2 aromatic rings. The summed E-state index contributed by atoms with van der Waals surface area (Å²) in [5, 5.41) is 0. The maximum Gasteiger partial charge on any atom is 0.217 e. The largest absolute Gasteiger partial charge is 0.461 e. The Morgan fingerprint density at radius 1 is 1.14 bits per heavy atom. The van der Waals surface area contributed by atoms with Crippen LogP contribution in [0.25, 0.3) is 0 Å². The second-order valence-electron chi connectivity index (χ2n) is 5.78. The Bertz CT molecular complexity index is 743. The summed E-state index contributed by atoms with van der Waals surface area (Å²) in [6.07, 6.45) is 0.237. The minimum atomic E-state index is -1.02. The molecule has 0 saturated carbocycles. The lowest BCUT2D eigenvalue weighted by Crippen LogP contribution is -2.44. The first-order valence-electron chi connectivity index (χ1n) is 7.41. The number of fused-ring (bicyclic) bond motifs is 2. The molecule has 22 heavy (non-hydrogen) atoms. The van der Waals surface area contributed by atoms with Crippen LogP contribution in [0, 0.1) is 3.57 Å². The SMILES string of the molecule is F[C@H]1CCc2ccccc2[C@@]12CN=C(c1ccc(I)cc1)O2. The molecule has 4 heteroatoms. The van der Waals surface area contributed by atoms with Gasteiger partial charge in [0.15, 0.2) is 5.60 Å². The van der Waals surface area contributed by atoms with Crippen molar-refractivity contribution in [2.45, 2.75) is 24.6 Å². The van der Waals surface area contributed by atoms with Crippen LogP contribution in [0.2, 0.25) is 0 Å². The molecule has 2 atom stereocenters. The van der Waals surface area contributed by atoms with E-state index in [1.807, 2.05) is 42.5 Å². The van der Waals surface area contributed by atoms with E-state index in [-0.39, 0.29) is 0 Å². The molecule has 0 radical (unpaired) electrons. The van der Waals surface area contributed by atoms with E-state index in [0.29, 0.717) is 18.9 Å². The standard InChI is InChI=1S/C18H15FINO/c19-16-10-7-12-3-1-2-4-15(12)18(16)11-21-17(22-18)13-5-8-14(20)9-6-13/h1-6,8-9,16H,7,10-11H2/t16-,18-/m0/s1. The molecule has 1 spiro atoms. The number of halogens is 2. The van der Waals surface area contributed by atoms with Gasteiger partial charge in [0.25, 0.3) is 0 Å². The first-order valence-corrected chi connectivity index (χ1v) is 8.49. The minimum absolute atomic E-state index is 0.354. The van der Waals surface area contributed by atoms with Crippen molar-refractivity contribution < 1.29 is 9.13 Å². The van der Waals surface area contributed by atoms with Gasteiger partial charge in [0.1, 0.15) is 6.17 Å². The molecule has 0 N–H and O–H groups in total. The van der Waals surface area contributed by atoms with Crippen molar-refractivity contribution in [3.8, 4) is 0 Å². The van der Waals surface area contributed by atoms with Crippen molar-refractivity contribution in [1.82, 2.24) is 0 Å². The summed E-state index contributed by atoms with van der Waals surface area (Å²) in [6, 6.07) is 16.0. The normalized spacial score (nSPS) is 26.5. The summed E-state index contributed by atoms with van der Waals surface area (Å²) in [4.78, 5) is 4.51. The third kappa shape index (κ3) is 2.16. The highest BCUT2D eigenvalue weighted by atomic mass is 127. The van der Waals surface area contributed by atoms with Crippen LogP contribution in [0.5, 0.6) is 0 Å². The van der Waals surface area contributed by atoms with Crippen LogP contribution in [0.1, 0.15) is 23.1 Å². The van der Waals surface area contributed by atoms with Gasteiger partial charge in [-0.15, -0.1) is 0 Å². The average Bonchev–Trinajstić information content (AvgIpc) is 2.99. The van der Waals surface area contributed by atoms with Crippen molar-refractivity contribution in [3.63, 3.8) is 0 Å². The van der Waals surface area contributed by atoms with Crippen LogP contribution in [0.3, 0.4) is 0 Å². The number of nitrogens with zero attached hydrogens (tertiary/aromatic N) is 1. The number of benzene rings is 2. The van der Waals surface area contributed by atoms with Crippen molar-refractivity contribution in [2.75, 3.05) is 6.54 Å². The number of ether oxygens (including phenoxy) is 1. The van der Waals surface area contributed by atoms with Crippen LogP contribution in [-0.2, 0) is 16.8 Å². The Morgan fingerprint density at radius 2 is 1.91 bits per heavy atom. The first-order chi connectivity index (χ1) is 10.7. The molecule has 2 nitrogen and oxygen atoms in total. The van der Waals surface area contributed by atoms with Gasteiger partial charge in [-0.25, -0.2) is 9.38 Å². The van der Waals surface area contributed by atoms with Gasteiger partial charge >= 0.3 is 0 Å². The fraction of sp³-hybridized carbons (Fsp3) is 0.278. The smallest absolute Gasteiger partial charge is 0.217 e. The molecule has 2 aliphatic rings. The Kier molecular flexibility index (Phi) is 3.44. The molecular weight excluding hydrogens is 392 g/mol. The fourth-order valence-corrected chi connectivity index (χ4v) is 3.67. The number of hydrogen-bond donors (Lipinski definition) is 0. The van der Waals surface area contributed by atoms with Crippen molar-refractivity contribution in [3.05, 3.63) is 68.8 Å². The van der Waals surface area contributed by atoms with E-state index in [1.54, 1.807) is 0 Å². The second-order valence-corrected chi connectivity index (χ2v) is 7.03. The zero-order chi connectivity index (χ0) is 15.2. The highest BCUT2D eigenvalue weighted by Gasteiger charge is 2.50. The van der Waals surface area contributed by atoms with Gasteiger partial charge in [-0.2, -0.15) is 0 Å². The van der Waals surface area contributed by atoms with E-state index in [4.69, 9.17) is 4.74 Å². The second kappa shape index (κ2) is 5.33. The van der Waals surface area contributed by atoms with Crippen molar-refractivity contribution in [1.29, 1.82) is 0 Å². The van der Waals surface area contributed by atoms with Crippen molar-refractivity contribution in [2.24, 2.45) is 4.99 Å². The first kappa shape index (κ1) is 14.2. The summed E-state index contributed by atoms with van der Waals surface area (Å²) in [7, 11) is 0. The Balaban J connectivity index is 1.71. The predicted octanol–water partition coefficient (Wildman–Crippen LogP) is 4.25. The number of aryl methyl sites for hydroxylation is 1. The molecular formula is C18H15FINO. The quantitative estimate of drug-likeness (QED) is 0.648. The Morgan fingerprint density at radius 3 is 2.73 bits per heavy atom. The molecule has 4 rings (SSSR count). The van der Waals surface area contributed by atoms with Gasteiger partial charge in [-0.05, 0) is 65.3 Å². The molecule has 0 amide bonds. The number of aliphatic imine (C=N–C) groups is 1. The zero-order valence-corrected chi connectivity index (χ0v) is 14.1. The predicted molar refractivity (Wildman–Crippen MR) is 93.0 cm³/mol. The van der Waals surface area contributed by atoms with Gasteiger partial charge in [-0.1, -0.05) is 24.3 Å². The topological polar surface area (TPSA) is 21.6 Å². The summed E-state index contributed by atoms with van der Waals surface area (Å²) >= 11 is 2.26. The third-order valence-corrected chi connectivity index (χ3v) is 5.19. The maximum absolute atomic E-state index is 14.8. The van der Waals surface area contributed by atoms with Crippen LogP contribution in [0.4, 0.5) is 4.39 Å². The molecule has 1 heterocycles. The summed E-state index contributed by atoms with van der Waals surface area (Å²) in [5.74, 6) is 0.552. The van der Waals surface area contributed by atoms with E-state index in [9.17, 15) is 4.39 Å². The molecule has 0 fully saturated rings. The molecule has 112 valence electrons. The number of alkyl halides is 1. The molecule has 1 aliphatic carbocycles. The van der Waals surface area contributed by atoms with Gasteiger partial charge in [0.2, 0.25) is 5.90 Å². The molecule has 0 aromatic heterocycles.